The van der Waals surface area contributed by atoms with Crippen LogP contribution in [0.1, 0.15) is 132 Å². The second-order valence-electron chi connectivity index (χ2n) is 30.2. The van der Waals surface area contributed by atoms with Crippen molar-refractivity contribution in [3.8, 4) is 39.6 Å². The van der Waals surface area contributed by atoms with Gasteiger partial charge in [-0.15, -0.1) is 23.6 Å². The summed E-state index contributed by atoms with van der Waals surface area (Å²) in [6, 6.07) is 96.9. The minimum absolute atomic E-state index is 0. The van der Waals surface area contributed by atoms with Gasteiger partial charge in [-0.3, -0.25) is 0 Å². The number of ether oxygens (including phenoxy) is 1. The van der Waals surface area contributed by atoms with E-state index in [-0.39, 0.29) is 48.1 Å². The average Bonchev–Trinajstić information content (AvgIpc) is 1.05. The standard InChI is InChI=1S/C86H84N4OSi.Pt/c1-82(2,3)61-44-45-87-80(54-61)90-77-43-40-58(60-46-62(83(4,5)6)50-63(47-60)84(7,8)9)49-76(77)75-42-41-69(56-79(75)90)91-68-30-26-29-66(55-68)88-57-89(67-52-64(85(10,11)12)51-65(53-67)86(13,14)15)81-74(38-27-39-78(81)88)59-28-25-37-73(48-59)92(70-31-19-16-20-32-70,71-33-21-17-22-34-71)72-35-23-18-24-36-72;/h16-54H,1-15H3;/q;+2. The van der Waals surface area contributed by atoms with E-state index in [1.807, 2.05) is 18.3 Å². The summed E-state index contributed by atoms with van der Waals surface area (Å²) in [6.07, 6.45) is 1.93. The first-order valence-corrected chi connectivity index (χ1v) is 34.5. The average molecular weight is 1410 g/mol. The van der Waals surface area contributed by atoms with Crippen LogP contribution in [-0.4, -0.2) is 23.6 Å². The Labute approximate surface area is 567 Å². The Bertz CT molecular complexity index is 4720. The van der Waals surface area contributed by atoms with Gasteiger partial charge in [0.1, 0.15) is 11.5 Å². The Kier molecular flexibility index (Phi) is 16.8. The Morgan fingerprint density at radius 2 is 0.935 bits per heavy atom. The van der Waals surface area contributed by atoms with Crippen LogP contribution in [0, 0.1) is 12.1 Å². The van der Waals surface area contributed by atoms with E-state index in [0.29, 0.717) is 11.5 Å². The molecule has 0 bridgehead atoms. The predicted octanol–water partition coefficient (Wildman–Crippen LogP) is 19.6. The number of nitrogens with zero attached hydrogens (tertiary/aromatic N) is 4. The van der Waals surface area contributed by atoms with Gasteiger partial charge < -0.3 is 9.30 Å². The molecule has 0 saturated heterocycles. The van der Waals surface area contributed by atoms with Gasteiger partial charge in [-0.2, -0.15) is 12.1 Å². The molecule has 93 heavy (non-hydrogen) atoms. The van der Waals surface area contributed by atoms with E-state index in [9.17, 15) is 0 Å². The molecule has 0 spiro atoms. The van der Waals surface area contributed by atoms with Crippen LogP contribution in [0.3, 0.4) is 0 Å². The molecule has 2 aromatic heterocycles. The van der Waals surface area contributed by atoms with Crippen molar-refractivity contribution in [2.75, 3.05) is 0 Å². The predicted molar refractivity (Wildman–Crippen MR) is 392 cm³/mol. The summed E-state index contributed by atoms with van der Waals surface area (Å²) in [6.45, 7) is 34.4. The minimum atomic E-state index is -2.88. The Morgan fingerprint density at radius 1 is 0.409 bits per heavy atom. The molecule has 13 rings (SSSR count). The van der Waals surface area contributed by atoms with Crippen LogP contribution >= 0.6 is 0 Å². The molecule has 0 unspecified atom stereocenters. The largest absolute Gasteiger partial charge is 2.00 e. The van der Waals surface area contributed by atoms with Gasteiger partial charge in [0.2, 0.25) is 5.69 Å². The van der Waals surface area contributed by atoms with Crippen molar-refractivity contribution < 1.29 is 25.8 Å². The maximum absolute atomic E-state index is 6.98. The van der Waals surface area contributed by atoms with Crippen molar-refractivity contribution in [1.29, 1.82) is 0 Å². The van der Waals surface area contributed by atoms with Crippen molar-refractivity contribution in [1.82, 2.24) is 18.7 Å². The topological polar surface area (TPSA) is 33.1 Å². The Balaban J connectivity index is 0.00000832. The summed E-state index contributed by atoms with van der Waals surface area (Å²) in [5.41, 5.74) is 16.4. The van der Waals surface area contributed by atoms with E-state index in [4.69, 9.17) is 9.72 Å². The molecule has 1 aliphatic heterocycles. The number of para-hydroxylation sites is 1. The molecule has 0 saturated carbocycles. The summed E-state index contributed by atoms with van der Waals surface area (Å²) < 4.78 is 13.7. The first-order chi connectivity index (χ1) is 43.7. The first-order valence-electron chi connectivity index (χ1n) is 32.5. The first kappa shape index (κ1) is 64.3. The number of rotatable bonds is 11. The zero-order valence-corrected chi connectivity index (χ0v) is 59.8. The summed E-state index contributed by atoms with van der Waals surface area (Å²) in [5, 5.41) is 7.49. The maximum Gasteiger partial charge on any atom is 2.00 e. The van der Waals surface area contributed by atoms with Crippen molar-refractivity contribution in [2.45, 2.75) is 131 Å². The molecule has 0 fully saturated rings. The van der Waals surface area contributed by atoms with Crippen LogP contribution in [0.2, 0.25) is 0 Å². The quantitative estimate of drug-likeness (QED) is 0.0560. The molecule has 7 heteroatoms. The molecule has 10 aromatic carbocycles. The smallest absolute Gasteiger partial charge is 0.509 e. The van der Waals surface area contributed by atoms with Crippen molar-refractivity contribution >= 4 is 79.4 Å². The fourth-order valence-electron chi connectivity index (χ4n) is 13.2. The summed E-state index contributed by atoms with van der Waals surface area (Å²) >= 11 is 0. The fraction of sp³-hybridized carbons (Fsp3) is 0.233. The number of pyridine rings is 1. The second kappa shape index (κ2) is 24.3. The SMILES string of the molecule is CC(C)(C)c1cc(-c2ccc3c(c2)c2ccc(Oc4[c-]c([N+]5=C=[N+](c6cc(C(C)(C)C)cc(C(C)(C)C)c6)c6c(-c7cccc([Si](c8ccccc8)(c8ccccc8)c8ccccc8)c7)cccc65)ccc4)[c-]c2n3-c2cc(C(C)(C)C)ccn2)cc(C(C)(C)C)c1.[Pt+2]. The zero-order valence-electron chi connectivity index (χ0n) is 56.5. The van der Waals surface area contributed by atoms with Crippen LogP contribution in [0.5, 0.6) is 11.5 Å². The van der Waals surface area contributed by atoms with Gasteiger partial charge in [-0.1, -0.05) is 284 Å². The third-order valence-electron chi connectivity index (χ3n) is 18.5. The van der Waals surface area contributed by atoms with Crippen LogP contribution < -0.4 is 34.6 Å². The second-order valence-corrected chi connectivity index (χ2v) is 34.1. The molecule has 466 valence electrons. The van der Waals surface area contributed by atoms with Crippen LogP contribution in [0.25, 0.3) is 49.9 Å². The molecule has 0 aliphatic carbocycles. The Morgan fingerprint density at radius 3 is 1.51 bits per heavy atom. The van der Waals surface area contributed by atoms with Gasteiger partial charge in [0, 0.05) is 41.4 Å². The molecular formula is C86H84N4OPtSi+2. The third kappa shape index (κ3) is 12.3. The van der Waals surface area contributed by atoms with Gasteiger partial charge in [0.15, 0.2) is 8.07 Å². The number of fused-ring (bicyclic) bond motifs is 4. The minimum Gasteiger partial charge on any atom is -0.509 e. The van der Waals surface area contributed by atoms with E-state index < -0.39 is 8.07 Å². The van der Waals surface area contributed by atoms with Crippen LogP contribution in [0.4, 0.5) is 22.7 Å². The summed E-state index contributed by atoms with van der Waals surface area (Å²) in [7, 11) is -2.88. The molecule has 0 N–H and O–H groups in total. The van der Waals surface area contributed by atoms with Gasteiger partial charge >= 0.3 is 32.8 Å². The van der Waals surface area contributed by atoms with Crippen LogP contribution in [0.15, 0.2) is 237 Å². The van der Waals surface area contributed by atoms with E-state index in [1.54, 1.807) is 0 Å². The zero-order chi connectivity index (χ0) is 64.7. The third-order valence-corrected chi connectivity index (χ3v) is 23.3. The van der Waals surface area contributed by atoms with Gasteiger partial charge in [-0.05, 0) is 127 Å². The Hall–Kier alpha value is -8.76. The fourth-order valence-corrected chi connectivity index (χ4v) is 18.0. The van der Waals surface area contributed by atoms with Gasteiger partial charge in [0.25, 0.3) is 5.69 Å². The van der Waals surface area contributed by atoms with Crippen molar-refractivity contribution in [2.24, 2.45) is 0 Å². The van der Waals surface area contributed by atoms with E-state index >= 15 is 0 Å². The van der Waals surface area contributed by atoms with E-state index in [2.05, 4.69) is 354 Å². The molecule has 5 nitrogen and oxygen atoms in total. The number of aromatic nitrogens is 2. The van der Waals surface area contributed by atoms with Gasteiger partial charge in [-0.25, -0.2) is 4.98 Å². The van der Waals surface area contributed by atoms with Crippen molar-refractivity contribution in [3.05, 3.63) is 277 Å². The van der Waals surface area contributed by atoms with E-state index in [0.717, 1.165) is 61.5 Å². The molecule has 12 aromatic rings. The van der Waals surface area contributed by atoms with Crippen LogP contribution in [-0.2, 0) is 48.1 Å². The van der Waals surface area contributed by atoms with Crippen molar-refractivity contribution in [3.63, 3.8) is 0 Å². The molecule has 0 atom stereocenters. The molecule has 0 amide bonds. The number of hydrogen-bond acceptors (Lipinski definition) is 2. The molecule has 1 aliphatic rings. The van der Waals surface area contributed by atoms with E-state index in [1.165, 1.54) is 59.7 Å². The monoisotopic (exact) mass is 1410 g/mol. The molecular weight excluding hydrogens is 1330 g/mol. The number of benzene rings is 10. The number of hydrogen-bond donors (Lipinski definition) is 0. The summed E-state index contributed by atoms with van der Waals surface area (Å²) in [4.78, 5) is 5.06. The maximum atomic E-state index is 6.98. The normalized spacial score (nSPS) is 13.0. The van der Waals surface area contributed by atoms with Gasteiger partial charge in [0.05, 0.1) is 5.56 Å². The molecule has 0 radical (unpaired) electrons. The molecule has 3 heterocycles. The summed E-state index contributed by atoms with van der Waals surface area (Å²) in [5.74, 6) is 1.96.